The number of hydrogen-bond donors (Lipinski definition) is 2. The van der Waals surface area contributed by atoms with Gasteiger partial charge in [-0.05, 0) is 36.2 Å². The molecule has 1 atom stereocenters. The highest BCUT2D eigenvalue weighted by Crippen LogP contribution is 2.35. The van der Waals surface area contributed by atoms with E-state index in [4.69, 9.17) is 27.9 Å². The molecular weight excluding hydrogens is 429 g/mol. The van der Waals surface area contributed by atoms with Gasteiger partial charge in [0.2, 0.25) is 5.91 Å². The number of esters is 1. The summed E-state index contributed by atoms with van der Waals surface area (Å²) in [6.45, 7) is 1.44. The second kappa shape index (κ2) is 8.01. The molecule has 30 heavy (non-hydrogen) atoms. The van der Waals surface area contributed by atoms with Crippen molar-refractivity contribution in [3.8, 4) is 0 Å². The highest BCUT2D eigenvalue weighted by molar-refractivity contribution is 6.34. The van der Waals surface area contributed by atoms with Crippen LogP contribution in [-0.4, -0.2) is 36.0 Å². The second-order valence-electron chi connectivity index (χ2n) is 6.94. The van der Waals surface area contributed by atoms with E-state index in [1.165, 1.54) is 4.90 Å². The van der Waals surface area contributed by atoms with Gasteiger partial charge in [-0.1, -0.05) is 47.5 Å². The number of benzene rings is 2. The SMILES string of the molecule is Cc1cccc(Cl)c1NC(=O)CN1C(=O)N[C@H](c2ccc(Cl)cc2)C2=C1COC2=O. The number of para-hydroxylation sites is 1. The fourth-order valence-electron chi connectivity index (χ4n) is 3.50. The summed E-state index contributed by atoms with van der Waals surface area (Å²) in [5.41, 5.74) is 2.64. The van der Waals surface area contributed by atoms with Crippen LogP contribution in [-0.2, 0) is 14.3 Å². The van der Waals surface area contributed by atoms with Gasteiger partial charge in [0.25, 0.3) is 0 Å². The van der Waals surface area contributed by atoms with Crippen LogP contribution in [0, 0.1) is 6.92 Å². The molecule has 3 amide bonds. The number of rotatable bonds is 4. The van der Waals surface area contributed by atoms with Gasteiger partial charge in [0.15, 0.2) is 0 Å². The van der Waals surface area contributed by atoms with Gasteiger partial charge in [-0.25, -0.2) is 9.59 Å². The van der Waals surface area contributed by atoms with E-state index >= 15 is 0 Å². The number of urea groups is 1. The maximum atomic E-state index is 12.8. The molecule has 0 aromatic heterocycles. The molecule has 0 aliphatic carbocycles. The number of carbonyl (C=O) groups is 3. The van der Waals surface area contributed by atoms with E-state index < -0.39 is 23.9 Å². The van der Waals surface area contributed by atoms with Crippen LogP contribution in [0.1, 0.15) is 17.2 Å². The summed E-state index contributed by atoms with van der Waals surface area (Å²) in [6.07, 6.45) is 0. The molecule has 2 aliphatic heterocycles. The van der Waals surface area contributed by atoms with Gasteiger partial charge < -0.3 is 15.4 Å². The molecule has 7 nitrogen and oxygen atoms in total. The molecule has 0 spiro atoms. The van der Waals surface area contributed by atoms with Gasteiger partial charge in [0.1, 0.15) is 13.2 Å². The van der Waals surface area contributed by atoms with Crippen molar-refractivity contribution in [2.45, 2.75) is 13.0 Å². The molecule has 9 heteroatoms. The fourth-order valence-corrected chi connectivity index (χ4v) is 3.89. The predicted octanol–water partition coefficient (Wildman–Crippen LogP) is 3.82. The van der Waals surface area contributed by atoms with Crippen molar-refractivity contribution < 1.29 is 19.1 Å². The standard InChI is InChI=1S/C21H17Cl2N3O4/c1-11-3-2-4-14(23)18(11)24-16(27)9-26-15-10-30-20(28)17(15)19(25-21(26)29)12-5-7-13(22)8-6-12/h2-8,19H,9-10H2,1H3,(H,24,27)(H,25,29)/t19-/m1/s1. The summed E-state index contributed by atoms with van der Waals surface area (Å²) in [7, 11) is 0. The molecule has 2 N–H and O–H groups in total. The summed E-state index contributed by atoms with van der Waals surface area (Å²) < 4.78 is 5.17. The number of amides is 3. The van der Waals surface area contributed by atoms with Crippen molar-refractivity contribution in [1.82, 2.24) is 10.2 Å². The highest BCUT2D eigenvalue weighted by atomic mass is 35.5. The van der Waals surface area contributed by atoms with E-state index in [-0.39, 0.29) is 13.2 Å². The first-order valence-electron chi connectivity index (χ1n) is 9.14. The Kier molecular flexibility index (Phi) is 5.40. The first kappa shape index (κ1) is 20.3. The lowest BCUT2D eigenvalue weighted by Gasteiger charge is -2.32. The van der Waals surface area contributed by atoms with Crippen molar-refractivity contribution in [2.24, 2.45) is 0 Å². The topological polar surface area (TPSA) is 87.7 Å². The molecule has 2 aromatic rings. The molecule has 2 heterocycles. The molecule has 0 saturated carbocycles. The minimum absolute atomic E-state index is 0.0793. The zero-order valence-corrected chi connectivity index (χ0v) is 17.4. The summed E-state index contributed by atoms with van der Waals surface area (Å²) in [6, 6.07) is 10.9. The van der Waals surface area contributed by atoms with Crippen molar-refractivity contribution >= 4 is 46.8 Å². The van der Waals surface area contributed by atoms with Crippen LogP contribution in [0.25, 0.3) is 0 Å². The Hall–Kier alpha value is -3.03. The maximum Gasteiger partial charge on any atom is 0.338 e. The van der Waals surface area contributed by atoms with Crippen molar-refractivity contribution in [2.75, 3.05) is 18.5 Å². The van der Waals surface area contributed by atoms with Crippen molar-refractivity contribution in [3.05, 3.63) is 74.9 Å². The fraction of sp³-hybridized carbons (Fsp3) is 0.190. The third-order valence-electron chi connectivity index (χ3n) is 4.99. The third-order valence-corrected chi connectivity index (χ3v) is 5.56. The number of aryl methyl sites for hydroxylation is 1. The van der Waals surface area contributed by atoms with Gasteiger partial charge in [-0.2, -0.15) is 0 Å². The lowest BCUT2D eigenvalue weighted by Crippen LogP contribution is -2.49. The molecule has 4 rings (SSSR count). The first-order chi connectivity index (χ1) is 14.3. The molecular formula is C21H17Cl2N3O4. The van der Waals surface area contributed by atoms with Crippen LogP contribution in [0.3, 0.4) is 0 Å². The Bertz CT molecular complexity index is 1060. The lowest BCUT2D eigenvalue weighted by molar-refractivity contribution is -0.136. The van der Waals surface area contributed by atoms with E-state index in [0.29, 0.717) is 32.6 Å². The number of ether oxygens (including phenoxy) is 1. The third kappa shape index (κ3) is 3.74. The monoisotopic (exact) mass is 445 g/mol. The van der Waals surface area contributed by atoms with Gasteiger partial charge in [0, 0.05) is 5.02 Å². The summed E-state index contributed by atoms with van der Waals surface area (Å²) >= 11 is 12.1. The van der Waals surface area contributed by atoms with Crippen LogP contribution in [0.4, 0.5) is 10.5 Å². The van der Waals surface area contributed by atoms with Crippen LogP contribution in [0.5, 0.6) is 0 Å². The number of hydrogen-bond acceptors (Lipinski definition) is 4. The van der Waals surface area contributed by atoms with Crippen LogP contribution in [0.15, 0.2) is 53.7 Å². The van der Waals surface area contributed by atoms with Crippen LogP contribution in [0.2, 0.25) is 10.0 Å². The zero-order valence-electron chi connectivity index (χ0n) is 15.9. The quantitative estimate of drug-likeness (QED) is 0.700. The minimum atomic E-state index is -0.676. The average Bonchev–Trinajstić information content (AvgIpc) is 3.09. The van der Waals surface area contributed by atoms with E-state index in [1.54, 1.807) is 36.4 Å². The molecule has 0 radical (unpaired) electrons. The molecule has 2 aliphatic rings. The summed E-state index contributed by atoms with van der Waals surface area (Å²) in [5, 5.41) is 6.44. The Labute approximate surface area is 182 Å². The lowest BCUT2D eigenvalue weighted by atomic mass is 9.96. The number of nitrogens with zero attached hydrogens (tertiary/aromatic N) is 1. The number of carbonyl (C=O) groups excluding carboxylic acids is 3. The van der Waals surface area contributed by atoms with Crippen molar-refractivity contribution in [3.63, 3.8) is 0 Å². The molecule has 154 valence electrons. The Morgan fingerprint density at radius 3 is 2.63 bits per heavy atom. The predicted molar refractivity (Wildman–Crippen MR) is 112 cm³/mol. The largest absolute Gasteiger partial charge is 0.456 e. The van der Waals surface area contributed by atoms with Gasteiger partial charge in [-0.15, -0.1) is 0 Å². The van der Waals surface area contributed by atoms with E-state index in [9.17, 15) is 14.4 Å². The van der Waals surface area contributed by atoms with Crippen LogP contribution < -0.4 is 10.6 Å². The number of nitrogens with one attached hydrogen (secondary N) is 2. The van der Waals surface area contributed by atoms with Crippen LogP contribution >= 0.6 is 23.2 Å². The first-order valence-corrected chi connectivity index (χ1v) is 9.89. The molecule has 2 aromatic carbocycles. The van der Waals surface area contributed by atoms with E-state index in [2.05, 4.69) is 10.6 Å². The molecule has 0 unspecified atom stereocenters. The Balaban J connectivity index is 1.60. The average molecular weight is 446 g/mol. The zero-order chi connectivity index (χ0) is 21.4. The molecule has 0 saturated heterocycles. The smallest absolute Gasteiger partial charge is 0.338 e. The van der Waals surface area contributed by atoms with E-state index in [0.717, 1.165) is 5.56 Å². The Morgan fingerprint density at radius 1 is 1.20 bits per heavy atom. The van der Waals surface area contributed by atoms with E-state index in [1.807, 2.05) is 13.0 Å². The Morgan fingerprint density at radius 2 is 1.93 bits per heavy atom. The van der Waals surface area contributed by atoms with Gasteiger partial charge >= 0.3 is 12.0 Å². The highest BCUT2D eigenvalue weighted by Gasteiger charge is 2.42. The minimum Gasteiger partial charge on any atom is -0.456 e. The second-order valence-corrected chi connectivity index (χ2v) is 7.78. The normalized spacial score (nSPS) is 18.1. The summed E-state index contributed by atoms with van der Waals surface area (Å²) in [4.78, 5) is 39.0. The number of halogens is 2. The summed E-state index contributed by atoms with van der Waals surface area (Å²) in [5.74, 6) is -0.977. The maximum absolute atomic E-state index is 12.8. The molecule has 0 fully saturated rings. The number of anilines is 1. The van der Waals surface area contributed by atoms with Gasteiger partial charge in [0.05, 0.1) is 28.0 Å². The van der Waals surface area contributed by atoms with Crippen molar-refractivity contribution in [1.29, 1.82) is 0 Å². The number of cyclic esters (lactones) is 1. The van der Waals surface area contributed by atoms with Gasteiger partial charge in [-0.3, -0.25) is 9.69 Å². The molecule has 0 bridgehead atoms.